The highest BCUT2D eigenvalue weighted by atomic mass is 35.5. The molecule has 2 atom stereocenters. The van der Waals surface area contributed by atoms with Gasteiger partial charge in [0.2, 0.25) is 15.9 Å². The first-order chi connectivity index (χ1) is 14.9. The number of nitrogens with zero attached hydrogens (tertiary/aromatic N) is 1. The number of likely N-dealkylation sites (tertiary alicyclic amines) is 1. The Labute approximate surface area is 195 Å². The van der Waals surface area contributed by atoms with E-state index in [2.05, 4.69) is 4.72 Å². The number of β-amino-alcohol motifs (C(OH)–C–C–N with tert-alkyl or cyclic N) is 1. The van der Waals surface area contributed by atoms with Crippen molar-refractivity contribution in [3.63, 3.8) is 0 Å². The molecule has 0 unspecified atom stereocenters. The second kappa shape index (κ2) is 12.2. The van der Waals surface area contributed by atoms with Gasteiger partial charge in [-0.05, 0) is 55.8 Å². The zero-order valence-electron chi connectivity index (χ0n) is 17.7. The molecule has 1 amide bonds. The molecule has 1 aliphatic rings. The number of hydrogen-bond donors (Lipinski definition) is 3. The van der Waals surface area contributed by atoms with Crippen molar-refractivity contribution in [1.29, 1.82) is 0 Å². The highest BCUT2D eigenvalue weighted by Gasteiger charge is 2.36. The van der Waals surface area contributed by atoms with Crippen LogP contribution in [0.2, 0.25) is 0 Å². The van der Waals surface area contributed by atoms with E-state index in [1.807, 2.05) is 18.2 Å². The van der Waals surface area contributed by atoms with Crippen LogP contribution in [-0.2, 0) is 14.8 Å². The minimum atomic E-state index is -3.86. The van der Waals surface area contributed by atoms with Gasteiger partial charge in [-0.3, -0.25) is 4.79 Å². The lowest BCUT2D eigenvalue weighted by molar-refractivity contribution is -0.130. The molecule has 0 aliphatic carbocycles. The maximum atomic E-state index is 12.7. The van der Waals surface area contributed by atoms with Crippen LogP contribution in [0.3, 0.4) is 0 Å². The number of aliphatic hydroxyl groups is 1. The number of carbonyl (C=O) groups excluding carboxylic acids is 1. The van der Waals surface area contributed by atoms with Crippen LogP contribution in [0.1, 0.15) is 25.7 Å². The second-order valence-corrected chi connectivity index (χ2v) is 9.29. The maximum Gasteiger partial charge on any atom is 0.240 e. The third kappa shape index (κ3) is 7.18. The fourth-order valence-electron chi connectivity index (χ4n) is 3.44. The van der Waals surface area contributed by atoms with Crippen LogP contribution in [0.15, 0.2) is 59.5 Å². The van der Waals surface area contributed by atoms with Gasteiger partial charge in [-0.25, -0.2) is 13.1 Å². The van der Waals surface area contributed by atoms with Gasteiger partial charge in [0.05, 0.1) is 17.0 Å². The number of unbranched alkanes of at least 4 members (excludes halogenated alkanes) is 2. The molecule has 10 heteroatoms. The number of aliphatic hydroxyl groups excluding tert-OH is 1. The van der Waals surface area contributed by atoms with Gasteiger partial charge in [0.1, 0.15) is 11.5 Å². The average Bonchev–Trinajstić information content (AvgIpc) is 3.12. The fourth-order valence-corrected chi connectivity index (χ4v) is 4.70. The van der Waals surface area contributed by atoms with E-state index in [9.17, 15) is 18.3 Å². The molecule has 32 heavy (non-hydrogen) atoms. The third-order valence-corrected chi connectivity index (χ3v) is 6.66. The molecule has 1 fully saturated rings. The number of nitrogens with one attached hydrogen (secondary N) is 1. The summed E-state index contributed by atoms with van der Waals surface area (Å²) in [4.78, 5) is 13.9. The number of benzene rings is 2. The predicted molar refractivity (Wildman–Crippen MR) is 124 cm³/mol. The van der Waals surface area contributed by atoms with Gasteiger partial charge < -0.3 is 20.5 Å². The molecular weight excluding hydrogens is 454 g/mol. The Hall–Kier alpha value is -2.17. The first-order valence-electron chi connectivity index (χ1n) is 10.4. The predicted octanol–water partition coefficient (Wildman–Crippen LogP) is 2.27. The van der Waals surface area contributed by atoms with E-state index in [1.165, 1.54) is 17.0 Å². The number of nitrogens with two attached hydrogens (primary N) is 1. The Morgan fingerprint density at radius 2 is 1.69 bits per heavy atom. The summed E-state index contributed by atoms with van der Waals surface area (Å²) in [7, 11) is -3.86. The molecular formula is C22H30ClN3O5S. The van der Waals surface area contributed by atoms with Crippen LogP contribution >= 0.6 is 12.4 Å². The van der Waals surface area contributed by atoms with E-state index in [0.717, 1.165) is 19.3 Å². The summed E-state index contributed by atoms with van der Waals surface area (Å²) in [6, 6.07) is 14.5. The van der Waals surface area contributed by atoms with Crippen molar-refractivity contribution in [3.8, 4) is 11.5 Å². The van der Waals surface area contributed by atoms with Crippen LogP contribution in [-0.4, -0.2) is 56.1 Å². The van der Waals surface area contributed by atoms with E-state index < -0.39 is 22.2 Å². The molecule has 0 bridgehead atoms. The van der Waals surface area contributed by atoms with Crippen molar-refractivity contribution in [2.24, 2.45) is 5.73 Å². The minimum Gasteiger partial charge on any atom is -0.457 e. The number of hydrogen-bond acceptors (Lipinski definition) is 6. The van der Waals surface area contributed by atoms with Crippen molar-refractivity contribution >= 4 is 28.3 Å². The number of amides is 1. The maximum absolute atomic E-state index is 12.7. The van der Waals surface area contributed by atoms with Crippen molar-refractivity contribution in [2.45, 2.75) is 42.7 Å². The van der Waals surface area contributed by atoms with E-state index >= 15 is 0 Å². The Kier molecular flexibility index (Phi) is 9.92. The summed E-state index contributed by atoms with van der Waals surface area (Å²) in [5.74, 6) is 1.08. The van der Waals surface area contributed by atoms with Crippen molar-refractivity contribution in [1.82, 2.24) is 9.62 Å². The molecule has 0 aromatic heterocycles. The van der Waals surface area contributed by atoms with Gasteiger partial charge in [0, 0.05) is 19.5 Å². The monoisotopic (exact) mass is 483 g/mol. The Morgan fingerprint density at radius 3 is 2.34 bits per heavy atom. The molecule has 1 heterocycles. The van der Waals surface area contributed by atoms with Gasteiger partial charge in [-0.15, -0.1) is 12.4 Å². The van der Waals surface area contributed by atoms with E-state index in [-0.39, 0.29) is 36.3 Å². The Morgan fingerprint density at radius 1 is 1.03 bits per heavy atom. The van der Waals surface area contributed by atoms with Gasteiger partial charge in [0.25, 0.3) is 0 Å². The number of rotatable bonds is 10. The van der Waals surface area contributed by atoms with Gasteiger partial charge >= 0.3 is 0 Å². The number of sulfonamides is 1. The number of carbonyl (C=O) groups is 1. The molecule has 0 spiro atoms. The molecule has 176 valence electrons. The van der Waals surface area contributed by atoms with E-state index in [1.54, 1.807) is 24.3 Å². The quantitative estimate of drug-likeness (QED) is 0.445. The zero-order valence-corrected chi connectivity index (χ0v) is 19.4. The minimum absolute atomic E-state index is 0. The van der Waals surface area contributed by atoms with Crippen LogP contribution < -0.4 is 15.2 Å². The molecule has 3 rings (SSSR count). The molecule has 2 aromatic carbocycles. The van der Waals surface area contributed by atoms with Crippen LogP contribution in [0, 0.1) is 0 Å². The lowest BCUT2D eigenvalue weighted by atomic mass is 10.2. The van der Waals surface area contributed by atoms with Crippen LogP contribution in [0.4, 0.5) is 0 Å². The number of ether oxygens (including phenoxy) is 1. The summed E-state index contributed by atoms with van der Waals surface area (Å²) in [6.07, 6.45) is 1.89. The van der Waals surface area contributed by atoms with Gasteiger partial charge in [-0.2, -0.15) is 0 Å². The third-order valence-electron chi connectivity index (χ3n) is 5.16. The molecule has 0 radical (unpaired) electrons. The lowest BCUT2D eigenvalue weighted by Crippen LogP contribution is -2.42. The Balaban J connectivity index is 0.00000363. The average molecular weight is 484 g/mol. The summed E-state index contributed by atoms with van der Waals surface area (Å²) in [5, 5.41) is 10.3. The SMILES string of the molecule is Cl.NCCCCCC(=O)N1C[C@H](NS(=O)(=O)c2ccc(Oc3ccccc3)cc2)[C@@H](O)C1. The highest BCUT2D eigenvalue weighted by molar-refractivity contribution is 7.89. The van der Waals surface area contributed by atoms with E-state index in [0.29, 0.717) is 24.5 Å². The van der Waals surface area contributed by atoms with Crippen LogP contribution in [0.5, 0.6) is 11.5 Å². The standard InChI is InChI=1S/C22H29N3O5S.ClH/c23-14-6-2-5-9-22(27)25-15-20(21(26)16-25)24-31(28,29)19-12-10-18(11-13-19)30-17-7-3-1-4-8-17;/h1,3-4,7-8,10-13,20-21,24,26H,2,5-6,9,14-16,23H2;1H/t20-,21-;/m0./s1. The fraction of sp³-hybridized carbons (Fsp3) is 0.409. The molecule has 4 N–H and O–H groups in total. The topological polar surface area (TPSA) is 122 Å². The normalized spacial score (nSPS) is 18.2. The summed E-state index contributed by atoms with van der Waals surface area (Å²) in [5.41, 5.74) is 5.45. The van der Waals surface area contributed by atoms with E-state index in [4.69, 9.17) is 10.5 Å². The smallest absolute Gasteiger partial charge is 0.240 e. The van der Waals surface area contributed by atoms with Crippen molar-refractivity contribution in [3.05, 3.63) is 54.6 Å². The Bertz CT molecular complexity index is 957. The van der Waals surface area contributed by atoms with Crippen molar-refractivity contribution in [2.75, 3.05) is 19.6 Å². The number of halogens is 1. The molecule has 0 saturated carbocycles. The summed E-state index contributed by atoms with van der Waals surface area (Å²) in [6.45, 7) is 0.859. The molecule has 2 aromatic rings. The highest BCUT2D eigenvalue weighted by Crippen LogP contribution is 2.23. The van der Waals surface area contributed by atoms with Crippen molar-refractivity contribution < 1.29 is 23.1 Å². The first-order valence-corrected chi connectivity index (χ1v) is 11.9. The van der Waals surface area contributed by atoms with Gasteiger partial charge in [0.15, 0.2) is 0 Å². The lowest BCUT2D eigenvalue weighted by Gasteiger charge is -2.17. The summed E-state index contributed by atoms with van der Waals surface area (Å²) >= 11 is 0. The number of para-hydroxylation sites is 1. The largest absolute Gasteiger partial charge is 0.457 e. The molecule has 1 saturated heterocycles. The summed E-state index contributed by atoms with van der Waals surface area (Å²) < 4.78 is 33.7. The van der Waals surface area contributed by atoms with Gasteiger partial charge in [-0.1, -0.05) is 24.6 Å². The second-order valence-electron chi connectivity index (χ2n) is 7.58. The zero-order chi connectivity index (χ0) is 22.3. The molecule has 8 nitrogen and oxygen atoms in total. The first kappa shape index (κ1) is 26.1. The van der Waals surface area contributed by atoms with Crippen LogP contribution in [0.25, 0.3) is 0 Å². The molecule has 1 aliphatic heterocycles.